The van der Waals surface area contributed by atoms with Crippen molar-refractivity contribution in [1.82, 2.24) is 14.4 Å². The van der Waals surface area contributed by atoms with Gasteiger partial charge in [-0.2, -0.15) is 4.98 Å². The first-order chi connectivity index (χ1) is 9.35. The molecule has 0 spiro atoms. The maximum atomic E-state index is 5.54. The van der Waals surface area contributed by atoms with Crippen molar-refractivity contribution in [2.45, 2.75) is 0 Å². The van der Waals surface area contributed by atoms with Gasteiger partial charge in [0.15, 0.2) is 5.82 Å². The number of rotatable bonds is 8. The van der Waals surface area contributed by atoms with E-state index in [0.717, 1.165) is 0 Å². The maximum Gasteiger partial charge on any atom is 0.260 e. The Morgan fingerprint density at radius 1 is 1.32 bits per heavy atom. The predicted molar refractivity (Wildman–Crippen MR) is 69.0 cm³/mol. The van der Waals surface area contributed by atoms with Gasteiger partial charge in [-0.25, -0.2) is 10.8 Å². The van der Waals surface area contributed by atoms with E-state index in [2.05, 4.69) is 15.4 Å². The first-order valence-electron chi connectivity index (χ1n) is 5.85. The van der Waals surface area contributed by atoms with Crippen LogP contribution in [0.15, 0.2) is 18.6 Å². The number of nitrogens with two attached hydrogens (primary N) is 1. The van der Waals surface area contributed by atoms with E-state index in [0.29, 0.717) is 43.8 Å². The standard InChI is InChI=1S/C11H17N5O3/c1-17-4-5-18-6-7-19-11-10-13-2-3-16(10)8-9(14-11)15-12/h2-3,8,15H,4-7,12H2,1H3. The van der Waals surface area contributed by atoms with E-state index in [1.54, 1.807) is 30.1 Å². The second-order valence-corrected chi connectivity index (χ2v) is 3.69. The van der Waals surface area contributed by atoms with Gasteiger partial charge < -0.3 is 19.6 Å². The van der Waals surface area contributed by atoms with Crippen molar-refractivity contribution >= 4 is 11.5 Å². The number of aromatic nitrogens is 3. The first-order valence-corrected chi connectivity index (χ1v) is 5.85. The second-order valence-electron chi connectivity index (χ2n) is 3.69. The molecule has 8 heteroatoms. The van der Waals surface area contributed by atoms with Gasteiger partial charge in [0.05, 0.1) is 26.0 Å². The third kappa shape index (κ3) is 3.53. The Balaban J connectivity index is 1.93. The fraction of sp³-hybridized carbons (Fsp3) is 0.455. The van der Waals surface area contributed by atoms with E-state index in [4.69, 9.17) is 20.1 Å². The van der Waals surface area contributed by atoms with Crippen molar-refractivity contribution in [3.63, 3.8) is 0 Å². The summed E-state index contributed by atoms with van der Waals surface area (Å²) < 4.78 is 17.5. The molecule has 0 bridgehead atoms. The van der Waals surface area contributed by atoms with E-state index < -0.39 is 0 Å². The highest BCUT2D eigenvalue weighted by Crippen LogP contribution is 2.17. The van der Waals surface area contributed by atoms with Gasteiger partial charge in [0.2, 0.25) is 5.65 Å². The highest BCUT2D eigenvalue weighted by atomic mass is 16.5. The molecule has 2 rings (SSSR count). The summed E-state index contributed by atoms with van der Waals surface area (Å²) in [6.07, 6.45) is 5.18. The minimum Gasteiger partial charge on any atom is -0.473 e. The fourth-order valence-electron chi connectivity index (χ4n) is 1.51. The normalized spacial score (nSPS) is 10.8. The van der Waals surface area contributed by atoms with Crippen LogP contribution >= 0.6 is 0 Å². The van der Waals surface area contributed by atoms with Gasteiger partial charge in [-0.3, -0.25) is 4.40 Å². The van der Waals surface area contributed by atoms with E-state index in [1.165, 1.54) is 0 Å². The Morgan fingerprint density at radius 3 is 2.95 bits per heavy atom. The molecule has 0 aliphatic rings. The number of ether oxygens (including phenoxy) is 3. The van der Waals surface area contributed by atoms with Gasteiger partial charge in [0, 0.05) is 19.5 Å². The maximum absolute atomic E-state index is 5.54. The average molecular weight is 267 g/mol. The van der Waals surface area contributed by atoms with Crippen LogP contribution in [-0.4, -0.2) is 47.9 Å². The SMILES string of the molecule is COCCOCCOc1nc(NN)cn2ccnc12. The highest BCUT2D eigenvalue weighted by Gasteiger charge is 2.08. The molecule has 0 unspecified atom stereocenters. The molecule has 3 N–H and O–H groups in total. The van der Waals surface area contributed by atoms with Crippen LogP contribution < -0.4 is 16.0 Å². The number of nitrogen functional groups attached to an aromatic ring is 1. The molecule has 0 aliphatic carbocycles. The van der Waals surface area contributed by atoms with Crippen molar-refractivity contribution in [3.05, 3.63) is 18.6 Å². The van der Waals surface area contributed by atoms with Crippen LogP contribution in [0.3, 0.4) is 0 Å². The number of nitrogens with one attached hydrogen (secondary N) is 1. The zero-order chi connectivity index (χ0) is 13.5. The largest absolute Gasteiger partial charge is 0.473 e. The molecule has 0 saturated heterocycles. The third-order valence-electron chi connectivity index (χ3n) is 2.39. The van der Waals surface area contributed by atoms with Crippen LogP contribution in [-0.2, 0) is 9.47 Å². The number of hydrogen-bond donors (Lipinski definition) is 2. The molecule has 0 fully saturated rings. The third-order valence-corrected chi connectivity index (χ3v) is 2.39. The number of fused-ring (bicyclic) bond motifs is 1. The summed E-state index contributed by atoms with van der Waals surface area (Å²) in [7, 11) is 1.63. The van der Waals surface area contributed by atoms with E-state index in [9.17, 15) is 0 Å². The fourth-order valence-corrected chi connectivity index (χ4v) is 1.51. The molecule has 0 aromatic carbocycles. The number of hydrogen-bond acceptors (Lipinski definition) is 7. The monoisotopic (exact) mass is 267 g/mol. The topological polar surface area (TPSA) is 95.9 Å². The summed E-state index contributed by atoms with van der Waals surface area (Å²) in [5, 5.41) is 0. The van der Waals surface area contributed by atoms with E-state index in [1.807, 2.05) is 0 Å². The molecule has 0 aliphatic heterocycles. The summed E-state index contributed by atoms with van der Waals surface area (Å²) in [5.41, 5.74) is 3.12. The highest BCUT2D eigenvalue weighted by molar-refractivity contribution is 5.53. The molecule has 104 valence electrons. The molecule has 2 aromatic rings. The summed E-state index contributed by atoms with van der Waals surface area (Å²) in [6.45, 7) is 1.94. The van der Waals surface area contributed by atoms with Gasteiger partial charge >= 0.3 is 0 Å². The molecule has 19 heavy (non-hydrogen) atoms. The lowest BCUT2D eigenvalue weighted by Gasteiger charge is -2.09. The zero-order valence-corrected chi connectivity index (χ0v) is 10.7. The molecular weight excluding hydrogens is 250 g/mol. The molecule has 2 aromatic heterocycles. The number of nitrogens with zero attached hydrogens (tertiary/aromatic N) is 3. The van der Waals surface area contributed by atoms with Crippen LogP contribution in [0.1, 0.15) is 0 Å². The lowest BCUT2D eigenvalue weighted by molar-refractivity contribution is 0.0539. The summed E-state index contributed by atoms with van der Waals surface area (Å²) in [6, 6.07) is 0. The Hall–Kier alpha value is -1.90. The van der Waals surface area contributed by atoms with E-state index >= 15 is 0 Å². The first kappa shape index (κ1) is 13.5. The summed E-state index contributed by atoms with van der Waals surface area (Å²) in [4.78, 5) is 8.37. The quantitative estimate of drug-likeness (QED) is 0.396. The van der Waals surface area contributed by atoms with Gasteiger partial charge in [-0.1, -0.05) is 0 Å². The number of methoxy groups -OCH3 is 1. The Kier molecular flexibility index (Phi) is 4.90. The smallest absolute Gasteiger partial charge is 0.260 e. The van der Waals surface area contributed by atoms with Crippen LogP contribution in [0.5, 0.6) is 5.88 Å². The molecule has 8 nitrogen and oxygen atoms in total. The Bertz CT molecular complexity index is 516. The zero-order valence-electron chi connectivity index (χ0n) is 10.7. The Morgan fingerprint density at radius 2 is 2.16 bits per heavy atom. The van der Waals surface area contributed by atoms with Gasteiger partial charge in [0.25, 0.3) is 5.88 Å². The van der Waals surface area contributed by atoms with Crippen molar-refractivity contribution in [2.24, 2.45) is 5.84 Å². The van der Waals surface area contributed by atoms with Gasteiger partial charge in [0.1, 0.15) is 6.61 Å². The number of imidazole rings is 1. The van der Waals surface area contributed by atoms with Crippen molar-refractivity contribution in [1.29, 1.82) is 0 Å². The van der Waals surface area contributed by atoms with Crippen molar-refractivity contribution in [2.75, 3.05) is 39.0 Å². The van der Waals surface area contributed by atoms with Crippen molar-refractivity contribution < 1.29 is 14.2 Å². The van der Waals surface area contributed by atoms with Crippen LogP contribution in [0.4, 0.5) is 5.82 Å². The second kappa shape index (κ2) is 6.88. The lowest BCUT2D eigenvalue weighted by Crippen LogP contribution is -2.13. The molecule has 2 heterocycles. The molecule has 0 radical (unpaired) electrons. The van der Waals surface area contributed by atoms with Gasteiger partial charge in [-0.05, 0) is 0 Å². The molecule has 0 amide bonds. The van der Waals surface area contributed by atoms with Crippen molar-refractivity contribution in [3.8, 4) is 5.88 Å². The predicted octanol–water partition coefficient (Wildman–Crippen LogP) is 0.0567. The lowest BCUT2D eigenvalue weighted by atomic mass is 10.6. The van der Waals surface area contributed by atoms with Crippen LogP contribution in [0, 0.1) is 0 Å². The average Bonchev–Trinajstić information content (AvgIpc) is 2.90. The minimum atomic E-state index is 0.382. The molecular formula is C11H17N5O3. The molecule has 0 saturated carbocycles. The minimum absolute atomic E-state index is 0.382. The Labute approximate surface area is 110 Å². The molecule has 0 atom stereocenters. The van der Waals surface area contributed by atoms with Crippen LogP contribution in [0.25, 0.3) is 5.65 Å². The summed E-state index contributed by atoms with van der Waals surface area (Å²) in [5.74, 6) is 6.26. The van der Waals surface area contributed by atoms with Gasteiger partial charge in [-0.15, -0.1) is 0 Å². The van der Waals surface area contributed by atoms with E-state index in [-0.39, 0.29) is 0 Å². The number of anilines is 1. The number of hydrazine groups is 1. The summed E-state index contributed by atoms with van der Waals surface area (Å²) >= 11 is 0. The van der Waals surface area contributed by atoms with Crippen LogP contribution in [0.2, 0.25) is 0 Å².